The van der Waals surface area contributed by atoms with Crippen LogP contribution in [-0.4, -0.2) is 41.0 Å². The van der Waals surface area contributed by atoms with Crippen LogP contribution in [-0.2, 0) is 16.0 Å². The first-order chi connectivity index (χ1) is 18.6. The van der Waals surface area contributed by atoms with E-state index in [1.807, 2.05) is 52.8 Å². The highest BCUT2D eigenvalue weighted by molar-refractivity contribution is 6.27. The zero-order valence-electron chi connectivity index (χ0n) is 23.1. The summed E-state index contributed by atoms with van der Waals surface area (Å²) in [5, 5.41) is 12.1. The highest BCUT2D eigenvalue weighted by atomic mass is 16.5. The molecular weight excluding hydrogens is 492 g/mol. The number of ether oxygens (including phenoxy) is 2. The van der Waals surface area contributed by atoms with Crippen LogP contribution in [0.3, 0.4) is 0 Å². The van der Waals surface area contributed by atoms with Gasteiger partial charge in [0.05, 0.1) is 30.0 Å². The highest BCUT2D eigenvalue weighted by Gasteiger charge is 2.46. The van der Waals surface area contributed by atoms with E-state index in [2.05, 4.69) is 4.98 Å². The number of nitrogens with zero attached hydrogens (tertiary/aromatic N) is 1. The molecule has 7 nitrogen and oxygen atoms in total. The normalized spacial score (nSPS) is 18.6. The number of carbonyl (C=O) groups is 2. The highest BCUT2D eigenvalue weighted by Crippen LogP contribution is 2.51. The fraction of sp³-hybridized carbons (Fsp3) is 0.344. The Labute approximate surface area is 227 Å². The van der Waals surface area contributed by atoms with Gasteiger partial charge in [-0.15, -0.1) is 0 Å². The van der Waals surface area contributed by atoms with Gasteiger partial charge < -0.3 is 19.6 Å². The van der Waals surface area contributed by atoms with Gasteiger partial charge in [-0.1, -0.05) is 27.7 Å². The van der Waals surface area contributed by atoms with Gasteiger partial charge in [-0.05, 0) is 60.6 Å². The summed E-state index contributed by atoms with van der Waals surface area (Å²) in [4.78, 5) is 36.1. The summed E-state index contributed by atoms with van der Waals surface area (Å²) in [6.45, 7) is 10.2. The standard InChI is InChI=1S/C32H32N2O5/c1-14(2)20-12-24(36)32-27(30(20)37)26(25-16(5)23(35)13-21(15(3)4)31(25)39-32)29-28-19(9-10-33-29)18-8-7-17(38-6)11-22(18)34-28/h7-8,11-15,26,34-35H,9-10H2,1-6H3. The number of nitrogens with one attached hydrogen (secondary N) is 1. The number of aliphatic imine (C=N–C) groups is 1. The lowest BCUT2D eigenvalue weighted by atomic mass is 9.72. The number of carbonyl (C=O) groups excluding carboxylic acids is 2. The molecule has 3 heterocycles. The maximum absolute atomic E-state index is 14.1. The van der Waals surface area contributed by atoms with Crippen LogP contribution in [0, 0.1) is 12.8 Å². The van der Waals surface area contributed by atoms with Crippen molar-refractivity contribution in [2.24, 2.45) is 10.9 Å². The molecule has 1 aliphatic carbocycles. The molecule has 3 aromatic rings. The minimum Gasteiger partial charge on any atom is -0.508 e. The Hall–Kier alpha value is -4.13. The number of fused-ring (bicyclic) bond motifs is 4. The number of aromatic hydroxyl groups is 1. The zero-order chi connectivity index (χ0) is 27.7. The quantitative estimate of drug-likeness (QED) is 0.419. The van der Waals surface area contributed by atoms with Crippen LogP contribution in [0.4, 0.5) is 0 Å². The Morgan fingerprint density at radius 1 is 1.13 bits per heavy atom. The topological polar surface area (TPSA) is 101 Å². The van der Waals surface area contributed by atoms with Crippen LogP contribution in [0.2, 0.25) is 0 Å². The second-order valence-electron chi connectivity index (χ2n) is 11.1. The molecular formula is C32H32N2O5. The monoisotopic (exact) mass is 524 g/mol. The average Bonchev–Trinajstić information content (AvgIpc) is 3.29. The second kappa shape index (κ2) is 8.97. The Kier molecular flexibility index (Phi) is 5.79. The molecule has 1 atom stereocenters. The minimum atomic E-state index is -0.679. The number of phenols is 1. The largest absolute Gasteiger partial charge is 0.508 e. The van der Waals surface area contributed by atoms with Crippen molar-refractivity contribution in [1.82, 2.24) is 4.98 Å². The van der Waals surface area contributed by atoms with Crippen molar-refractivity contribution in [2.75, 3.05) is 13.7 Å². The van der Waals surface area contributed by atoms with E-state index in [1.54, 1.807) is 13.2 Å². The Morgan fingerprint density at radius 2 is 1.90 bits per heavy atom. The molecule has 0 fully saturated rings. The van der Waals surface area contributed by atoms with Crippen molar-refractivity contribution in [3.63, 3.8) is 0 Å². The molecule has 2 aromatic carbocycles. The number of methoxy groups -OCH3 is 1. The van der Waals surface area contributed by atoms with E-state index < -0.39 is 5.92 Å². The molecule has 0 saturated carbocycles. The SMILES string of the molecule is COc1ccc2c3c([nH]c2c1)C(C1C2=C(Oc4c(C(C)C)cc(O)c(C)c41)C(=O)C=C(C(C)C)C2=O)=NCC3. The maximum Gasteiger partial charge on any atom is 0.221 e. The Bertz CT molecular complexity index is 1680. The molecule has 39 heavy (non-hydrogen) atoms. The van der Waals surface area contributed by atoms with Gasteiger partial charge in [-0.2, -0.15) is 0 Å². The number of allylic oxidation sites excluding steroid dienone is 3. The fourth-order valence-electron chi connectivity index (χ4n) is 6.10. The van der Waals surface area contributed by atoms with Crippen LogP contribution in [0.1, 0.15) is 67.5 Å². The number of H-pyrrole nitrogens is 1. The van der Waals surface area contributed by atoms with E-state index in [0.717, 1.165) is 39.9 Å². The van der Waals surface area contributed by atoms with Gasteiger partial charge in [0.2, 0.25) is 5.78 Å². The molecule has 6 rings (SSSR count). The van der Waals surface area contributed by atoms with E-state index in [-0.39, 0.29) is 34.9 Å². The molecule has 2 N–H and O–H groups in total. The summed E-state index contributed by atoms with van der Waals surface area (Å²) in [5.74, 6) is 0.110. The molecule has 7 heteroatoms. The number of rotatable bonds is 4. The van der Waals surface area contributed by atoms with Crippen LogP contribution in [0.15, 0.2) is 52.2 Å². The van der Waals surface area contributed by atoms with Gasteiger partial charge in [0.15, 0.2) is 11.5 Å². The van der Waals surface area contributed by atoms with Crippen LogP contribution >= 0.6 is 0 Å². The first kappa shape index (κ1) is 25.2. The number of benzene rings is 2. The zero-order valence-corrected chi connectivity index (χ0v) is 23.1. The predicted molar refractivity (Wildman–Crippen MR) is 150 cm³/mol. The van der Waals surface area contributed by atoms with Crippen LogP contribution in [0.5, 0.6) is 17.2 Å². The number of ketones is 2. The van der Waals surface area contributed by atoms with Crippen molar-refractivity contribution < 1.29 is 24.2 Å². The summed E-state index contributed by atoms with van der Waals surface area (Å²) in [5.41, 5.74) is 6.37. The van der Waals surface area contributed by atoms with Crippen molar-refractivity contribution in [2.45, 2.75) is 52.9 Å². The third kappa shape index (κ3) is 3.67. The van der Waals surface area contributed by atoms with Crippen LogP contribution in [0.25, 0.3) is 10.9 Å². The van der Waals surface area contributed by atoms with E-state index in [0.29, 0.717) is 40.3 Å². The average molecular weight is 525 g/mol. The lowest BCUT2D eigenvalue weighted by molar-refractivity contribution is -0.118. The molecule has 0 radical (unpaired) electrons. The van der Waals surface area contributed by atoms with Crippen LogP contribution < -0.4 is 9.47 Å². The van der Waals surface area contributed by atoms with Crippen molar-refractivity contribution in [3.05, 3.63) is 75.2 Å². The number of aromatic nitrogens is 1. The summed E-state index contributed by atoms with van der Waals surface area (Å²) >= 11 is 0. The summed E-state index contributed by atoms with van der Waals surface area (Å²) in [6, 6.07) is 7.64. The molecule has 0 spiro atoms. The van der Waals surface area contributed by atoms with Gasteiger partial charge in [-0.3, -0.25) is 14.6 Å². The maximum atomic E-state index is 14.1. The number of Topliss-reactive ketones (excluding diaryl/α,β-unsaturated/α-hetero) is 1. The fourth-order valence-corrected chi connectivity index (χ4v) is 6.10. The van der Waals surface area contributed by atoms with Crippen molar-refractivity contribution >= 4 is 28.2 Å². The number of aromatic amines is 1. The third-order valence-corrected chi connectivity index (χ3v) is 8.16. The molecule has 0 saturated heterocycles. The Morgan fingerprint density at radius 3 is 2.59 bits per heavy atom. The molecule has 0 bridgehead atoms. The number of hydrogen-bond acceptors (Lipinski definition) is 6. The smallest absolute Gasteiger partial charge is 0.221 e. The van der Waals surface area contributed by atoms with E-state index >= 15 is 0 Å². The molecule has 1 aromatic heterocycles. The minimum absolute atomic E-state index is 0.00797. The van der Waals surface area contributed by atoms with Gasteiger partial charge in [-0.25, -0.2) is 0 Å². The lowest BCUT2D eigenvalue weighted by Crippen LogP contribution is -2.36. The van der Waals surface area contributed by atoms with E-state index in [9.17, 15) is 14.7 Å². The molecule has 0 amide bonds. The summed E-state index contributed by atoms with van der Waals surface area (Å²) < 4.78 is 11.8. The third-order valence-electron chi connectivity index (χ3n) is 8.16. The lowest BCUT2D eigenvalue weighted by Gasteiger charge is -2.36. The van der Waals surface area contributed by atoms with Crippen molar-refractivity contribution in [1.29, 1.82) is 0 Å². The summed E-state index contributed by atoms with van der Waals surface area (Å²) in [6.07, 6.45) is 2.16. The Balaban J connectivity index is 1.66. The molecule has 200 valence electrons. The van der Waals surface area contributed by atoms with Gasteiger partial charge >= 0.3 is 0 Å². The number of hydrogen-bond donors (Lipinski definition) is 2. The van der Waals surface area contributed by atoms with Gasteiger partial charge in [0.25, 0.3) is 0 Å². The van der Waals surface area contributed by atoms with E-state index in [1.165, 1.54) is 6.08 Å². The second-order valence-corrected chi connectivity index (χ2v) is 11.1. The van der Waals surface area contributed by atoms with E-state index in [4.69, 9.17) is 14.5 Å². The van der Waals surface area contributed by atoms with Gasteiger partial charge in [0.1, 0.15) is 17.2 Å². The first-order valence-electron chi connectivity index (χ1n) is 13.4. The molecule has 3 aliphatic rings. The molecule has 2 aliphatic heterocycles. The summed E-state index contributed by atoms with van der Waals surface area (Å²) in [7, 11) is 1.64. The molecule has 1 unspecified atom stereocenters. The van der Waals surface area contributed by atoms with Gasteiger partial charge in [0, 0.05) is 40.2 Å². The number of phenolic OH excluding ortho intramolecular Hbond substituents is 1. The first-order valence-corrected chi connectivity index (χ1v) is 13.4. The van der Waals surface area contributed by atoms with Crippen molar-refractivity contribution in [3.8, 4) is 17.2 Å². The predicted octanol–water partition coefficient (Wildman–Crippen LogP) is 5.82.